The van der Waals surface area contributed by atoms with Crippen LogP contribution < -0.4 is 10.8 Å². The van der Waals surface area contributed by atoms with Gasteiger partial charge in [0.05, 0.1) is 11.0 Å². The van der Waals surface area contributed by atoms with Crippen LogP contribution in [0.1, 0.15) is 28.9 Å². The van der Waals surface area contributed by atoms with E-state index in [2.05, 4.69) is 57.1 Å². The van der Waals surface area contributed by atoms with Crippen LogP contribution in [0.4, 0.5) is 4.79 Å². The van der Waals surface area contributed by atoms with Gasteiger partial charge in [0.15, 0.2) is 5.82 Å². The lowest BCUT2D eigenvalue weighted by atomic mass is 9.95. The third-order valence-electron chi connectivity index (χ3n) is 7.98. The van der Waals surface area contributed by atoms with Gasteiger partial charge in [-0.25, -0.2) is 9.78 Å². The molecule has 0 radical (unpaired) electrons. The van der Waals surface area contributed by atoms with Crippen LogP contribution in [0.3, 0.4) is 0 Å². The number of aromatic nitrogens is 2. The van der Waals surface area contributed by atoms with Crippen LogP contribution in [0, 0.1) is 0 Å². The standard InChI is InChI=1S/C26H26N6O3/c1-31-24(34)29-23(33)26(31)11-17-9-19-20(10-18(17)12-26)28-22(27-19)21-13-25(35-30-21)7-8-32(15-25)14-16-5-3-2-4-6-16/h2-6,9-10,13,30H,7-8,11-12,14-15H2,1H3,(H,27,28)(H,29,33,34). The second kappa shape index (κ2) is 7.16. The molecule has 2 atom stereocenters. The van der Waals surface area contributed by atoms with Crippen LogP contribution in [-0.2, 0) is 29.0 Å². The van der Waals surface area contributed by atoms with Crippen LogP contribution >= 0.6 is 0 Å². The highest BCUT2D eigenvalue weighted by Crippen LogP contribution is 2.39. The number of hydrogen-bond acceptors (Lipinski definition) is 6. The Morgan fingerprint density at radius 1 is 1.11 bits per heavy atom. The maximum Gasteiger partial charge on any atom is 0.324 e. The fourth-order valence-corrected chi connectivity index (χ4v) is 5.99. The number of aromatic amines is 1. The van der Waals surface area contributed by atoms with Crippen molar-refractivity contribution in [3.8, 4) is 0 Å². The van der Waals surface area contributed by atoms with Crippen LogP contribution in [0.15, 0.2) is 48.5 Å². The first-order valence-electron chi connectivity index (χ1n) is 12.0. The van der Waals surface area contributed by atoms with Crippen molar-refractivity contribution in [2.75, 3.05) is 20.1 Å². The predicted molar refractivity (Wildman–Crippen MR) is 129 cm³/mol. The van der Waals surface area contributed by atoms with Crippen molar-refractivity contribution in [3.05, 3.63) is 71.1 Å². The van der Waals surface area contributed by atoms with Gasteiger partial charge in [-0.3, -0.25) is 25.3 Å². The first-order valence-corrected chi connectivity index (χ1v) is 12.0. The van der Waals surface area contributed by atoms with E-state index in [9.17, 15) is 9.59 Å². The molecule has 3 N–H and O–H groups in total. The quantitative estimate of drug-likeness (QED) is 0.507. The summed E-state index contributed by atoms with van der Waals surface area (Å²) in [6.07, 6.45) is 4.08. The van der Waals surface area contributed by atoms with Gasteiger partial charge >= 0.3 is 6.03 Å². The zero-order valence-electron chi connectivity index (χ0n) is 19.4. The van der Waals surface area contributed by atoms with Crippen molar-refractivity contribution in [3.63, 3.8) is 0 Å². The van der Waals surface area contributed by atoms with E-state index in [4.69, 9.17) is 9.82 Å². The summed E-state index contributed by atoms with van der Waals surface area (Å²) >= 11 is 0. The maximum atomic E-state index is 12.6. The third kappa shape index (κ3) is 3.11. The maximum absolute atomic E-state index is 12.6. The van der Waals surface area contributed by atoms with Crippen LogP contribution in [-0.4, -0.2) is 63.0 Å². The molecule has 2 saturated heterocycles. The second-order valence-electron chi connectivity index (χ2n) is 10.2. The summed E-state index contributed by atoms with van der Waals surface area (Å²) in [7, 11) is 1.69. The minimum Gasteiger partial charge on any atom is -0.337 e. The molecule has 4 heterocycles. The molecule has 3 aliphatic heterocycles. The smallest absolute Gasteiger partial charge is 0.324 e. The molecule has 2 fully saturated rings. The molecule has 3 aromatic rings. The molecule has 35 heavy (non-hydrogen) atoms. The predicted octanol–water partition coefficient (Wildman–Crippen LogP) is 2.10. The van der Waals surface area contributed by atoms with Crippen molar-refractivity contribution in [2.24, 2.45) is 0 Å². The normalized spacial score (nSPS) is 25.1. The van der Waals surface area contributed by atoms with Gasteiger partial charge in [0.2, 0.25) is 0 Å². The van der Waals surface area contributed by atoms with Crippen molar-refractivity contribution < 1.29 is 14.4 Å². The van der Waals surface area contributed by atoms with E-state index in [-0.39, 0.29) is 17.5 Å². The van der Waals surface area contributed by atoms with Crippen LogP contribution in [0.2, 0.25) is 0 Å². The lowest BCUT2D eigenvalue weighted by Gasteiger charge is -2.27. The molecule has 1 aliphatic carbocycles. The van der Waals surface area contributed by atoms with Gasteiger partial charge in [0, 0.05) is 39.5 Å². The summed E-state index contributed by atoms with van der Waals surface area (Å²) in [6, 6.07) is 14.3. The zero-order chi connectivity index (χ0) is 23.8. The monoisotopic (exact) mass is 470 g/mol. The fraction of sp³-hybridized carbons (Fsp3) is 0.346. The third-order valence-corrected chi connectivity index (χ3v) is 7.98. The molecule has 3 amide bonds. The van der Waals surface area contributed by atoms with Gasteiger partial charge in [-0.2, -0.15) is 0 Å². The van der Waals surface area contributed by atoms with Gasteiger partial charge in [0.1, 0.15) is 16.8 Å². The van der Waals surface area contributed by atoms with E-state index in [1.165, 1.54) is 10.5 Å². The molecule has 7 rings (SSSR count). The van der Waals surface area contributed by atoms with Crippen molar-refractivity contribution in [1.29, 1.82) is 0 Å². The summed E-state index contributed by atoms with van der Waals surface area (Å²) in [5.74, 6) is 0.516. The number of nitrogens with one attached hydrogen (secondary N) is 3. The summed E-state index contributed by atoms with van der Waals surface area (Å²) in [4.78, 5) is 42.9. The van der Waals surface area contributed by atoms with Gasteiger partial charge in [0.25, 0.3) is 5.91 Å². The number of benzene rings is 2. The largest absolute Gasteiger partial charge is 0.337 e. The number of hydroxylamine groups is 1. The molecule has 1 aromatic heterocycles. The number of hydrogen-bond donors (Lipinski definition) is 3. The van der Waals surface area contributed by atoms with E-state index in [1.807, 2.05) is 12.1 Å². The number of H-pyrrole nitrogens is 1. The number of likely N-dealkylation sites (N-methyl/N-ethyl adjacent to an activating group) is 1. The number of urea groups is 1. The van der Waals surface area contributed by atoms with Crippen molar-refractivity contribution in [1.82, 2.24) is 30.6 Å². The molecular weight excluding hydrogens is 444 g/mol. The Morgan fingerprint density at radius 3 is 2.69 bits per heavy atom. The Morgan fingerprint density at radius 2 is 1.91 bits per heavy atom. The van der Waals surface area contributed by atoms with E-state index >= 15 is 0 Å². The number of carbonyl (C=O) groups is 2. The van der Waals surface area contributed by atoms with Gasteiger partial charge in [-0.1, -0.05) is 30.3 Å². The number of amides is 3. The molecule has 0 saturated carbocycles. The average molecular weight is 471 g/mol. The van der Waals surface area contributed by atoms with Crippen molar-refractivity contribution >= 4 is 28.7 Å². The number of nitrogens with zero attached hydrogens (tertiary/aromatic N) is 3. The minimum absolute atomic E-state index is 0.223. The van der Waals surface area contributed by atoms with Crippen molar-refractivity contribution in [2.45, 2.75) is 36.9 Å². The lowest BCUT2D eigenvalue weighted by molar-refractivity contribution is -0.125. The zero-order valence-corrected chi connectivity index (χ0v) is 19.4. The molecule has 2 unspecified atom stereocenters. The number of carbonyl (C=O) groups excluding carboxylic acids is 2. The summed E-state index contributed by atoms with van der Waals surface area (Å²) in [5, 5.41) is 2.45. The number of likely N-dealkylation sites (tertiary alicyclic amines) is 1. The molecule has 2 spiro atoms. The lowest BCUT2D eigenvalue weighted by Crippen LogP contribution is -2.48. The first kappa shape index (κ1) is 20.7. The number of imidazole rings is 1. The molecule has 9 heteroatoms. The molecule has 9 nitrogen and oxygen atoms in total. The van der Waals surface area contributed by atoms with E-state index < -0.39 is 5.54 Å². The summed E-state index contributed by atoms with van der Waals surface area (Å²) in [6.45, 7) is 2.70. The van der Waals surface area contributed by atoms with Gasteiger partial charge in [-0.15, -0.1) is 0 Å². The summed E-state index contributed by atoms with van der Waals surface area (Å²) < 4.78 is 0. The Labute approximate surface area is 202 Å². The molecule has 0 bridgehead atoms. The molecule has 178 valence electrons. The van der Waals surface area contributed by atoms with Gasteiger partial charge < -0.3 is 9.88 Å². The topological polar surface area (TPSA) is 103 Å². The molecule has 4 aliphatic rings. The SMILES string of the molecule is CN1C(=O)NC(=O)C12Cc1cc3nc(C4=CC5(CCN(Cc6ccccc6)C5)ON4)[nH]c3cc1C2. The summed E-state index contributed by atoms with van der Waals surface area (Å²) in [5.41, 5.74) is 7.94. The van der Waals surface area contributed by atoms with Gasteiger partial charge in [-0.05, 0) is 41.3 Å². The van der Waals surface area contributed by atoms with Crippen LogP contribution in [0.5, 0.6) is 0 Å². The highest BCUT2D eigenvalue weighted by atomic mass is 16.7. The highest BCUT2D eigenvalue weighted by Gasteiger charge is 2.54. The Hall–Kier alpha value is -3.69. The first-order chi connectivity index (χ1) is 16.9. The van der Waals surface area contributed by atoms with E-state index in [0.717, 1.165) is 59.7 Å². The number of fused-ring (bicyclic) bond motifs is 2. The van der Waals surface area contributed by atoms with E-state index in [0.29, 0.717) is 12.8 Å². The van der Waals surface area contributed by atoms with Crippen LogP contribution in [0.25, 0.3) is 16.7 Å². The number of rotatable bonds is 3. The molecular formula is C26H26N6O3. The Bertz CT molecular complexity index is 1370. The molecule has 2 aromatic carbocycles. The fourth-order valence-electron chi connectivity index (χ4n) is 5.99. The Balaban J connectivity index is 1.12. The second-order valence-corrected chi connectivity index (χ2v) is 10.2. The Kier molecular flexibility index (Phi) is 4.23. The number of imide groups is 1. The van der Waals surface area contributed by atoms with E-state index in [1.54, 1.807) is 7.05 Å². The average Bonchev–Trinajstić information content (AvgIpc) is 3.65. The minimum atomic E-state index is -0.828. The highest BCUT2D eigenvalue weighted by molar-refractivity contribution is 6.07.